The number of nitrogens with zero attached hydrogens (tertiary/aromatic N) is 4. The van der Waals surface area contributed by atoms with Crippen LogP contribution in [0.1, 0.15) is 19.8 Å². The smallest absolute Gasteiger partial charge is 0.211 e. The molecule has 5 heteroatoms. The van der Waals surface area contributed by atoms with E-state index in [2.05, 4.69) is 48.8 Å². The number of imidazole rings is 1. The van der Waals surface area contributed by atoms with Crippen LogP contribution in [0.15, 0.2) is 18.6 Å². The Morgan fingerprint density at radius 2 is 2.06 bits per heavy atom. The second kappa shape index (κ2) is 4.44. The predicted octanol–water partition coefficient (Wildman–Crippen LogP) is 2.57. The summed E-state index contributed by atoms with van der Waals surface area (Å²) in [7, 11) is 0. The summed E-state index contributed by atoms with van der Waals surface area (Å²) in [4.78, 5) is 11.3. The molecule has 0 amide bonds. The van der Waals surface area contributed by atoms with E-state index in [4.69, 9.17) is 0 Å². The van der Waals surface area contributed by atoms with Crippen LogP contribution >= 0.6 is 22.6 Å². The van der Waals surface area contributed by atoms with E-state index >= 15 is 0 Å². The molecular formula is C12H15IN4. The third-order valence-corrected chi connectivity index (χ3v) is 4.19. The predicted molar refractivity (Wildman–Crippen MR) is 76.3 cm³/mol. The maximum Gasteiger partial charge on any atom is 0.211 e. The highest BCUT2D eigenvalue weighted by Gasteiger charge is 2.19. The lowest BCUT2D eigenvalue weighted by Crippen LogP contribution is -2.34. The average molecular weight is 342 g/mol. The van der Waals surface area contributed by atoms with Gasteiger partial charge in [0.1, 0.15) is 0 Å². The van der Waals surface area contributed by atoms with Gasteiger partial charge in [0.05, 0.1) is 3.57 Å². The number of rotatable bonds is 1. The summed E-state index contributed by atoms with van der Waals surface area (Å²) in [6.07, 6.45) is 8.26. The second-order valence-corrected chi connectivity index (χ2v) is 5.86. The lowest BCUT2D eigenvalue weighted by atomic mass is 10.00. The maximum atomic E-state index is 4.57. The molecule has 17 heavy (non-hydrogen) atoms. The van der Waals surface area contributed by atoms with Crippen LogP contribution in [0.4, 0.5) is 5.95 Å². The molecule has 3 heterocycles. The highest BCUT2D eigenvalue weighted by molar-refractivity contribution is 14.1. The summed E-state index contributed by atoms with van der Waals surface area (Å²) < 4.78 is 3.19. The van der Waals surface area contributed by atoms with Gasteiger partial charge in [0.15, 0.2) is 5.65 Å². The van der Waals surface area contributed by atoms with Crippen molar-refractivity contribution in [2.24, 2.45) is 5.92 Å². The standard InChI is InChI=1S/C12H15IN4/c1-9-2-5-16(6-3-9)12-15-8-10(13)11-14-4-7-17(11)12/h4,7-9H,2-3,5-6H2,1H3. The molecule has 1 saturated heterocycles. The van der Waals surface area contributed by atoms with Crippen molar-refractivity contribution < 1.29 is 0 Å². The summed E-state index contributed by atoms with van der Waals surface area (Å²) in [5, 5.41) is 0. The summed E-state index contributed by atoms with van der Waals surface area (Å²) in [5.74, 6) is 1.87. The average Bonchev–Trinajstić information content (AvgIpc) is 2.81. The van der Waals surface area contributed by atoms with Crippen LogP contribution in [0.3, 0.4) is 0 Å². The molecule has 4 nitrogen and oxygen atoms in total. The van der Waals surface area contributed by atoms with Crippen LogP contribution < -0.4 is 4.90 Å². The van der Waals surface area contributed by atoms with E-state index < -0.39 is 0 Å². The van der Waals surface area contributed by atoms with Crippen LogP contribution in [0.2, 0.25) is 0 Å². The molecule has 0 saturated carbocycles. The maximum absolute atomic E-state index is 4.57. The van der Waals surface area contributed by atoms with E-state index in [1.54, 1.807) is 0 Å². The molecule has 0 N–H and O–H groups in total. The number of halogens is 1. The van der Waals surface area contributed by atoms with Gasteiger partial charge in [-0.05, 0) is 41.4 Å². The molecule has 1 aliphatic rings. The molecule has 0 bridgehead atoms. The normalized spacial score (nSPS) is 17.9. The molecule has 90 valence electrons. The van der Waals surface area contributed by atoms with Crippen molar-refractivity contribution in [1.29, 1.82) is 0 Å². The Kier molecular flexibility index (Phi) is 2.94. The molecule has 2 aromatic heterocycles. The number of hydrogen-bond acceptors (Lipinski definition) is 3. The summed E-state index contributed by atoms with van der Waals surface area (Å²) in [6.45, 7) is 4.52. The van der Waals surface area contributed by atoms with Crippen molar-refractivity contribution in [1.82, 2.24) is 14.4 Å². The first-order chi connectivity index (χ1) is 8.25. The summed E-state index contributed by atoms with van der Waals surface area (Å²) >= 11 is 2.28. The van der Waals surface area contributed by atoms with E-state index in [-0.39, 0.29) is 0 Å². The molecule has 0 atom stereocenters. The van der Waals surface area contributed by atoms with Gasteiger partial charge in [-0.25, -0.2) is 9.97 Å². The zero-order valence-electron chi connectivity index (χ0n) is 9.80. The quantitative estimate of drug-likeness (QED) is 0.747. The Balaban J connectivity index is 2.00. The van der Waals surface area contributed by atoms with E-state index in [0.717, 1.165) is 34.2 Å². The Hall–Kier alpha value is -0.850. The van der Waals surface area contributed by atoms with Gasteiger partial charge >= 0.3 is 0 Å². The Morgan fingerprint density at radius 3 is 2.82 bits per heavy atom. The van der Waals surface area contributed by atoms with Crippen molar-refractivity contribution in [2.75, 3.05) is 18.0 Å². The van der Waals surface area contributed by atoms with Gasteiger partial charge in [-0.1, -0.05) is 6.92 Å². The molecule has 0 aliphatic carbocycles. The fraction of sp³-hybridized carbons (Fsp3) is 0.500. The first-order valence-electron chi connectivity index (χ1n) is 5.98. The molecule has 2 aromatic rings. The van der Waals surface area contributed by atoms with Crippen LogP contribution in [0, 0.1) is 9.49 Å². The monoisotopic (exact) mass is 342 g/mol. The minimum Gasteiger partial charge on any atom is -0.342 e. The van der Waals surface area contributed by atoms with Crippen LogP contribution in [0.25, 0.3) is 5.65 Å². The Bertz CT molecular complexity index is 528. The highest BCUT2D eigenvalue weighted by Crippen LogP contribution is 2.23. The fourth-order valence-corrected chi connectivity index (χ4v) is 2.86. The minimum absolute atomic E-state index is 0.841. The topological polar surface area (TPSA) is 33.4 Å². The van der Waals surface area contributed by atoms with E-state index in [0.29, 0.717) is 0 Å². The van der Waals surface area contributed by atoms with Gasteiger partial charge in [0.25, 0.3) is 0 Å². The number of anilines is 1. The third-order valence-electron chi connectivity index (χ3n) is 3.43. The van der Waals surface area contributed by atoms with Gasteiger partial charge in [0.2, 0.25) is 5.95 Å². The Labute approximate surface area is 114 Å². The van der Waals surface area contributed by atoms with Crippen molar-refractivity contribution in [3.63, 3.8) is 0 Å². The van der Waals surface area contributed by atoms with Gasteiger partial charge in [-0.15, -0.1) is 0 Å². The van der Waals surface area contributed by atoms with Gasteiger partial charge in [-0.3, -0.25) is 4.40 Å². The largest absolute Gasteiger partial charge is 0.342 e. The third kappa shape index (κ3) is 2.00. The zero-order valence-corrected chi connectivity index (χ0v) is 12.0. The molecule has 0 aromatic carbocycles. The minimum atomic E-state index is 0.841. The van der Waals surface area contributed by atoms with Crippen LogP contribution in [-0.4, -0.2) is 27.5 Å². The number of aromatic nitrogens is 3. The van der Waals surface area contributed by atoms with E-state index in [1.165, 1.54) is 12.8 Å². The summed E-state index contributed by atoms with van der Waals surface area (Å²) in [6, 6.07) is 0. The zero-order chi connectivity index (χ0) is 11.8. The van der Waals surface area contributed by atoms with Crippen LogP contribution in [-0.2, 0) is 0 Å². The number of piperidine rings is 1. The first kappa shape index (κ1) is 11.3. The lowest BCUT2D eigenvalue weighted by molar-refractivity contribution is 0.433. The van der Waals surface area contributed by atoms with Gasteiger partial charge < -0.3 is 4.90 Å². The van der Waals surface area contributed by atoms with Crippen molar-refractivity contribution in [3.8, 4) is 0 Å². The van der Waals surface area contributed by atoms with Crippen molar-refractivity contribution in [2.45, 2.75) is 19.8 Å². The number of fused-ring (bicyclic) bond motifs is 1. The molecular weight excluding hydrogens is 327 g/mol. The van der Waals surface area contributed by atoms with E-state index in [9.17, 15) is 0 Å². The van der Waals surface area contributed by atoms with Crippen molar-refractivity contribution >= 4 is 34.2 Å². The molecule has 0 spiro atoms. The van der Waals surface area contributed by atoms with E-state index in [1.807, 2.05) is 18.6 Å². The highest BCUT2D eigenvalue weighted by atomic mass is 127. The van der Waals surface area contributed by atoms with Crippen LogP contribution in [0.5, 0.6) is 0 Å². The molecule has 1 fully saturated rings. The SMILES string of the molecule is CC1CCN(c2ncc(I)c3nccn23)CC1. The molecule has 0 radical (unpaired) electrons. The Morgan fingerprint density at radius 1 is 1.29 bits per heavy atom. The van der Waals surface area contributed by atoms with Gasteiger partial charge in [-0.2, -0.15) is 0 Å². The first-order valence-corrected chi connectivity index (χ1v) is 7.06. The fourth-order valence-electron chi connectivity index (χ4n) is 2.32. The second-order valence-electron chi connectivity index (χ2n) is 4.70. The summed E-state index contributed by atoms with van der Waals surface area (Å²) in [5.41, 5.74) is 1.01. The molecule has 3 rings (SSSR count). The number of hydrogen-bond donors (Lipinski definition) is 0. The van der Waals surface area contributed by atoms with Crippen molar-refractivity contribution in [3.05, 3.63) is 22.2 Å². The molecule has 0 unspecified atom stereocenters. The van der Waals surface area contributed by atoms with Gasteiger partial charge in [0, 0.05) is 31.7 Å². The lowest BCUT2D eigenvalue weighted by Gasteiger charge is -2.31. The molecule has 1 aliphatic heterocycles.